The number of hydrogen-bond acceptors (Lipinski definition) is 6. The summed E-state index contributed by atoms with van der Waals surface area (Å²) in [5.74, 6) is -2.50. The van der Waals surface area contributed by atoms with E-state index in [-0.39, 0.29) is 25.0 Å². The van der Waals surface area contributed by atoms with E-state index in [1.807, 2.05) is 0 Å². The van der Waals surface area contributed by atoms with Crippen LogP contribution in [0.2, 0.25) is 0 Å². The third kappa shape index (κ3) is 10.4. The van der Waals surface area contributed by atoms with Gasteiger partial charge in [0.1, 0.15) is 17.4 Å². The van der Waals surface area contributed by atoms with Crippen molar-refractivity contribution >= 4 is 17.6 Å². The van der Waals surface area contributed by atoms with Gasteiger partial charge in [-0.05, 0) is 61.7 Å². The summed E-state index contributed by atoms with van der Waals surface area (Å²) in [7, 11) is 0. The SMILES string of the molecule is C.CC(=O)O.O=C(CCN1CCC(c2ccc(F)c(F)c2)CC1)N1CCC(Oc2ccc([N+](=O)[O-])c(C(F)(F)F)c2)CC1. The van der Waals surface area contributed by atoms with Gasteiger partial charge in [0.15, 0.2) is 11.6 Å². The first-order valence-electron chi connectivity index (χ1n) is 13.4. The number of piperidine rings is 2. The smallest absolute Gasteiger partial charge is 0.423 e. The number of alkyl halides is 3. The van der Waals surface area contributed by atoms with Crippen LogP contribution in [-0.4, -0.2) is 70.5 Å². The maximum absolute atomic E-state index is 13.5. The minimum Gasteiger partial charge on any atom is -0.490 e. The Balaban J connectivity index is 0.00000121. The lowest BCUT2D eigenvalue weighted by Crippen LogP contribution is -2.43. The fraction of sp³-hybridized carbons (Fsp3) is 0.517. The van der Waals surface area contributed by atoms with Crippen LogP contribution in [0.5, 0.6) is 5.75 Å². The molecule has 43 heavy (non-hydrogen) atoms. The van der Waals surface area contributed by atoms with Crippen LogP contribution < -0.4 is 4.74 Å². The molecule has 0 radical (unpaired) electrons. The Kier molecular flexibility index (Phi) is 12.8. The van der Waals surface area contributed by atoms with Crippen molar-refractivity contribution in [2.24, 2.45) is 0 Å². The number of halogens is 5. The van der Waals surface area contributed by atoms with E-state index in [4.69, 9.17) is 14.6 Å². The summed E-state index contributed by atoms with van der Waals surface area (Å²) in [6, 6.07) is 6.61. The third-order valence-corrected chi connectivity index (χ3v) is 7.21. The molecule has 0 aromatic heterocycles. The van der Waals surface area contributed by atoms with Gasteiger partial charge in [0.25, 0.3) is 11.7 Å². The minimum atomic E-state index is -4.88. The first-order valence-corrected chi connectivity index (χ1v) is 13.4. The van der Waals surface area contributed by atoms with Crippen molar-refractivity contribution in [2.45, 2.75) is 64.7 Å². The molecule has 2 aliphatic rings. The number of benzene rings is 2. The molecule has 2 aliphatic heterocycles. The fourth-order valence-electron chi connectivity index (χ4n) is 5.06. The number of carbonyl (C=O) groups excluding carboxylic acids is 1. The average molecular weight is 618 g/mol. The lowest BCUT2D eigenvalue weighted by molar-refractivity contribution is -0.388. The number of nitrogens with zero attached hydrogens (tertiary/aromatic N) is 3. The van der Waals surface area contributed by atoms with Gasteiger partial charge in [-0.2, -0.15) is 13.2 Å². The van der Waals surface area contributed by atoms with E-state index in [9.17, 15) is 36.9 Å². The van der Waals surface area contributed by atoms with Crippen molar-refractivity contribution in [2.75, 3.05) is 32.7 Å². The highest BCUT2D eigenvalue weighted by molar-refractivity contribution is 5.76. The van der Waals surface area contributed by atoms with Crippen LogP contribution in [0.15, 0.2) is 36.4 Å². The normalized spacial score (nSPS) is 16.5. The van der Waals surface area contributed by atoms with Crippen molar-refractivity contribution < 1.29 is 46.3 Å². The predicted molar refractivity (Wildman–Crippen MR) is 148 cm³/mol. The highest BCUT2D eigenvalue weighted by atomic mass is 19.4. The Labute approximate surface area is 246 Å². The second-order valence-corrected chi connectivity index (χ2v) is 10.2. The largest absolute Gasteiger partial charge is 0.490 e. The number of likely N-dealkylation sites (tertiary alicyclic amines) is 2. The Morgan fingerprint density at radius 1 is 1.00 bits per heavy atom. The molecule has 0 bridgehead atoms. The summed E-state index contributed by atoms with van der Waals surface area (Å²) < 4.78 is 72.0. The molecular formula is C29H36F5N3O6. The molecule has 0 spiro atoms. The van der Waals surface area contributed by atoms with Gasteiger partial charge in [-0.1, -0.05) is 13.5 Å². The van der Waals surface area contributed by atoms with Gasteiger partial charge in [-0.15, -0.1) is 0 Å². The molecular weight excluding hydrogens is 581 g/mol. The molecule has 9 nitrogen and oxygen atoms in total. The summed E-state index contributed by atoms with van der Waals surface area (Å²) in [5, 5.41) is 18.3. The number of carbonyl (C=O) groups is 2. The molecule has 0 atom stereocenters. The molecule has 2 aromatic rings. The topological polar surface area (TPSA) is 113 Å². The van der Waals surface area contributed by atoms with Crippen LogP contribution in [-0.2, 0) is 15.8 Å². The maximum Gasteiger partial charge on any atom is 0.423 e. The molecule has 14 heteroatoms. The highest BCUT2D eigenvalue weighted by Crippen LogP contribution is 2.38. The van der Waals surface area contributed by atoms with Crippen LogP contribution >= 0.6 is 0 Å². The number of amides is 1. The van der Waals surface area contributed by atoms with Crippen molar-refractivity contribution in [3.05, 3.63) is 69.3 Å². The van der Waals surface area contributed by atoms with Gasteiger partial charge in [0.2, 0.25) is 5.91 Å². The van der Waals surface area contributed by atoms with E-state index in [0.29, 0.717) is 45.0 Å². The zero-order valence-electron chi connectivity index (χ0n) is 22.9. The van der Waals surface area contributed by atoms with Gasteiger partial charge in [-0.3, -0.25) is 19.7 Å². The van der Waals surface area contributed by atoms with Crippen LogP contribution in [0, 0.1) is 21.7 Å². The number of nitro benzene ring substituents is 1. The van der Waals surface area contributed by atoms with E-state index in [1.165, 1.54) is 6.07 Å². The van der Waals surface area contributed by atoms with Gasteiger partial charge >= 0.3 is 6.18 Å². The summed E-state index contributed by atoms with van der Waals surface area (Å²) in [4.78, 5) is 35.4. The number of carboxylic acid groups (broad SMARTS) is 1. The van der Waals surface area contributed by atoms with Crippen LogP contribution in [0.1, 0.15) is 63.5 Å². The monoisotopic (exact) mass is 617 g/mol. The van der Waals surface area contributed by atoms with E-state index < -0.39 is 46.1 Å². The highest BCUT2D eigenvalue weighted by Gasteiger charge is 2.39. The standard InChI is InChI=1S/C26H28F5N3O4.C2H4O2.CH4/c27-22-3-1-18(15-23(22)28)17-5-10-32(11-6-17)12-9-25(35)33-13-7-19(8-14-33)38-20-2-4-24(34(36)37)21(16-20)26(29,30)31;1-2(3)4;/h1-4,15-17,19H,5-14H2;1H3,(H,3,4);1H4. The zero-order valence-corrected chi connectivity index (χ0v) is 22.9. The Hall–Kier alpha value is -3.81. The second-order valence-electron chi connectivity index (χ2n) is 10.2. The zero-order chi connectivity index (χ0) is 31.0. The molecule has 238 valence electrons. The summed E-state index contributed by atoms with van der Waals surface area (Å²) in [6.45, 7) is 3.98. The Bertz CT molecular complexity index is 1260. The number of rotatable bonds is 7. The first kappa shape index (κ1) is 35.4. The van der Waals surface area contributed by atoms with Gasteiger partial charge in [-0.25, -0.2) is 8.78 Å². The van der Waals surface area contributed by atoms with Gasteiger partial charge in [0.05, 0.1) is 4.92 Å². The lowest BCUT2D eigenvalue weighted by atomic mass is 9.89. The number of aliphatic carboxylic acids is 1. The van der Waals surface area contributed by atoms with E-state index in [1.54, 1.807) is 11.0 Å². The molecule has 2 aromatic carbocycles. The number of nitro groups is 1. The van der Waals surface area contributed by atoms with E-state index >= 15 is 0 Å². The first-order chi connectivity index (χ1) is 19.7. The molecule has 0 aliphatic carbocycles. The molecule has 2 fully saturated rings. The summed E-state index contributed by atoms with van der Waals surface area (Å²) in [6.07, 6.45) is -2.50. The minimum absolute atomic E-state index is 0. The molecule has 2 heterocycles. The van der Waals surface area contributed by atoms with Crippen molar-refractivity contribution in [3.8, 4) is 5.75 Å². The predicted octanol–water partition coefficient (Wildman–Crippen LogP) is 6.26. The van der Waals surface area contributed by atoms with Crippen LogP contribution in [0.25, 0.3) is 0 Å². The van der Waals surface area contributed by atoms with Crippen molar-refractivity contribution in [1.29, 1.82) is 0 Å². The molecule has 1 N–H and O–H groups in total. The van der Waals surface area contributed by atoms with Crippen molar-refractivity contribution in [3.63, 3.8) is 0 Å². The summed E-state index contributed by atoms with van der Waals surface area (Å²) in [5.41, 5.74) is -1.60. The number of hydrogen-bond donors (Lipinski definition) is 1. The van der Waals surface area contributed by atoms with Crippen molar-refractivity contribution in [1.82, 2.24) is 9.80 Å². The molecule has 2 saturated heterocycles. The van der Waals surface area contributed by atoms with E-state index in [2.05, 4.69) is 4.90 Å². The summed E-state index contributed by atoms with van der Waals surface area (Å²) >= 11 is 0. The second kappa shape index (κ2) is 15.6. The maximum atomic E-state index is 13.5. The molecule has 0 saturated carbocycles. The lowest BCUT2D eigenvalue weighted by Gasteiger charge is -2.34. The van der Waals surface area contributed by atoms with Crippen LogP contribution in [0.3, 0.4) is 0 Å². The molecule has 1 amide bonds. The molecule has 0 unspecified atom stereocenters. The van der Waals surface area contributed by atoms with Gasteiger partial charge < -0.3 is 19.6 Å². The fourth-order valence-corrected chi connectivity index (χ4v) is 5.06. The third-order valence-electron chi connectivity index (χ3n) is 7.21. The Morgan fingerprint density at radius 2 is 1.60 bits per heavy atom. The quantitative estimate of drug-likeness (QED) is 0.222. The van der Waals surface area contributed by atoms with Gasteiger partial charge in [0, 0.05) is 51.9 Å². The van der Waals surface area contributed by atoms with Crippen LogP contribution in [0.4, 0.5) is 27.6 Å². The number of carboxylic acids is 1. The van der Waals surface area contributed by atoms with E-state index in [0.717, 1.165) is 56.6 Å². The number of ether oxygens (including phenoxy) is 1. The Morgan fingerprint density at radius 3 is 2.14 bits per heavy atom. The molecule has 4 rings (SSSR count). The average Bonchev–Trinajstić information content (AvgIpc) is 2.93.